The number of nitrogens with zero attached hydrogens (tertiary/aromatic N) is 6. The van der Waals surface area contributed by atoms with Crippen LogP contribution in [-0.4, -0.2) is 35.2 Å². The quantitative estimate of drug-likeness (QED) is 0.787. The fourth-order valence-electron chi connectivity index (χ4n) is 2.32. The molecule has 1 N–H and O–H groups in total. The van der Waals surface area contributed by atoms with Gasteiger partial charge in [-0.3, -0.25) is 14.0 Å². The van der Waals surface area contributed by atoms with Gasteiger partial charge in [-0.25, -0.2) is 15.0 Å². The molecule has 8 heteroatoms. The van der Waals surface area contributed by atoms with E-state index in [0.29, 0.717) is 11.6 Å². The van der Waals surface area contributed by atoms with E-state index in [4.69, 9.17) is 0 Å². The van der Waals surface area contributed by atoms with Gasteiger partial charge in [-0.2, -0.15) is 5.10 Å². The highest BCUT2D eigenvalue weighted by atomic mass is 16.2. The lowest BCUT2D eigenvalue weighted by molar-refractivity contribution is -0.116. The van der Waals surface area contributed by atoms with Crippen LogP contribution in [0, 0.1) is 20.8 Å². The van der Waals surface area contributed by atoms with Crippen LogP contribution < -0.4 is 5.32 Å². The number of carbonyl (C=O) groups excluding carboxylic acids is 1. The number of rotatable bonds is 4. The standard InChI is InChI=1S/C15H17N7O/c1-10-11(2)22(12(3)19-10)15-16-7-13(8-17-15)20-14(23)9-21-6-4-5-18-21/h4-8H,9H2,1-3H3,(H,20,23). The monoisotopic (exact) mass is 311 g/mol. The van der Waals surface area contributed by atoms with Crippen LogP contribution in [0.5, 0.6) is 0 Å². The third-order valence-corrected chi connectivity index (χ3v) is 3.50. The number of aromatic nitrogens is 6. The van der Waals surface area contributed by atoms with Crippen molar-refractivity contribution in [2.24, 2.45) is 0 Å². The smallest absolute Gasteiger partial charge is 0.246 e. The largest absolute Gasteiger partial charge is 0.322 e. The molecule has 3 aromatic rings. The average Bonchev–Trinajstić information content (AvgIpc) is 3.09. The molecule has 1 amide bonds. The Labute approximate surface area is 133 Å². The second-order valence-electron chi connectivity index (χ2n) is 5.19. The van der Waals surface area contributed by atoms with Gasteiger partial charge >= 0.3 is 0 Å². The van der Waals surface area contributed by atoms with Crippen molar-refractivity contribution in [2.75, 3.05) is 5.32 Å². The number of anilines is 1. The number of aryl methyl sites for hydroxylation is 2. The number of carbonyl (C=O) groups is 1. The Kier molecular flexibility index (Phi) is 3.88. The summed E-state index contributed by atoms with van der Waals surface area (Å²) in [6.07, 6.45) is 6.52. The fraction of sp³-hybridized carbons (Fsp3) is 0.267. The van der Waals surface area contributed by atoms with Gasteiger partial charge in [-0.05, 0) is 26.8 Å². The second-order valence-corrected chi connectivity index (χ2v) is 5.19. The molecule has 0 saturated carbocycles. The summed E-state index contributed by atoms with van der Waals surface area (Å²) >= 11 is 0. The highest BCUT2D eigenvalue weighted by Crippen LogP contribution is 2.14. The van der Waals surface area contributed by atoms with Gasteiger partial charge in [-0.15, -0.1) is 0 Å². The summed E-state index contributed by atoms with van der Waals surface area (Å²) in [4.78, 5) is 24.9. The lowest BCUT2D eigenvalue weighted by Gasteiger charge is -2.08. The van der Waals surface area contributed by atoms with Crippen molar-refractivity contribution < 1.29 is 4.79 Å². The SMILES string of the molecule is Cc1nc(C)n(-c2ncc(NC(=O)Cn3cccn3)cn2)c1C. The number of amides is 1. The van der Waals surface area contributed by atoms with Gasteiger partial charge in [0.2, 0.25) is 11.9 Å². The molecule has 0 bridgehead atoms. The molecule has 8 nitrogen and oxygen atoms in total. The first kappa shape index (κ1) is 14.9. The van der Waals surface area contributed by atoms with Crippen LogP contribution in [0.4, 0.5) is 5.69 Å². The Morgan fingerprint density at radius 2 is 1.96 bits per heavy atom. The van der Waals surface area contributed by atoms with E-state index in [1.165, 1.54) is 0 Å². The fourth-order valence-corrected chi connectivity index (χ4v) is 2.32. The Bertz CT molecular complexity index is 818. The van der Waals surface area contributed by atoms with Crippen LogP contribution in [0.1, 0.15) is 17.2 Å². The van der Waals surface area contributed by atoms with Crippen LogP contribution in [0.2, 0.25) is 0 Å². The molecule has 0 aliphatic heterocycles. The molecule has 0 radical (unpaired) electrons. The molecule has 3 heterocycles. The maximum atomic E-state index is 11.9. The van der Waals surface area contributed by atoms with Gasteiger partial charge in [0.1, 0.15) is 12.4 Å². The zero-order valence-corrected chi connectivity index (χ0v) is 13.2. The highest BCUT2D eigenvalue weighted by molar-refractivity contribution is 5.90. The molecule has 0 spiro atoms. The minimum absolute atomic E-state index is 0.147. The zero-order chi connectivity index (χ0) is 16.4. The van der Waals surface area contributed by atoms with Gasteiger partial charge in [0.05, 0.1) is 23.8 Å². The summed E-state index contributed by atoms with van der Waals surface area (Å²) in [5.74, 6) is 1.18. The van der Waals surface area contributed by atoms with Gasteiger partial charge in [0.15, 0.2) is 0 Å². The average molecular weight is 311 g/mol. The number of imidazole rings is 1. The van der Waals surface area contributed by atoms with E-state index < -0.39 is 0 Å². The predicted molar refractivity (Wildman–Crippen MR) is 84.2 cm³/mol. The molecule has 118 valence electrons. The molecule has 0 fully saturated rings. The molecule has 0 aliphatic rings. The number of hydrogen-bond acceptors (Lipinski definition) is 5. The van der Waals surface area contributed by atoms with Crippen molar-refractivity contribution in [3.63, 3.8) is 0 Å². The van der Waals surface area contributed by atoms with Crippen LogP contribution in [-0.2, 0) is 11.3 Å². The summed E-state index contributed by atoms with van der Waals surface area (Å²) in [5, 5.41) is 6.73. The van der Waals surface area contributed by atoms with Crippen molar-refractivity contribution >= 4 is 11.6 Å². The Morgan fingerprint density at radius 1 is 1.22 bits per heavy atom. The van der Waals surface area contributed by atoms with E-state index in [-0.39, 0.29) is 12.5 Å². The molecule has 3 aromatic heterocycles. The number of nitrogens with one attached hydrogen (secondary N) is 1. The van der Waals surface area contributed by atoms with Gasteiger partial charge < -0.3 is 5.32 Å². The minimum atomic E-state index is -0.184. The van der Waals surface area contributed by atoms with Crippen LogP contribution in [0.15, 0.2) is 30.9 Å². The first-order chi connectivity index (χ1) is 11.0. The molecular formula is C15H17N7O. The Morgan fingerprint density at radius 3 is 2.52 bits per heavy atom. The van der Waals surface area contributed by atoms with Crippen LogP contribution in [0.3, 0.4) is 0 Å². The second kappa shape index (κ2) is 5.99. The van der Waals surface area contributed by atoms with E-state index in [1.807, 2.05) is 25.3 Å². The van der Waals surface area contributed by atoms with E-state index in [2.05, 4.69) is 25.4 Å². The van der Waals surface area contributed by atoms with E-state index in [1.54, 1.807) is 35.5 Å². The summed E-state index contributed by atoms with van der Waals surface area (Å²) < 4.78 is 3.43. The maximum absolute atomic E-state index is 11.9. The summed E-state index contributed by atoms with van der Waals surface area (Å²) in [6.45, 7) is 5.97. The van der Waals surface area contributed by atoms with E-state index in [9.17, 15) is 4.79 Å². The third kappa shape index (κ3) is 3.10. The topological polar surface area (TPSA) is 90.5 Å². The van der Waals surface area contributed by atoms with Crippen molar-refractivity contribution in [2.45, 2.75) is 27.3 Å². The molecule has 3 rings (SSSR count). The highest BCUT2D eigenvalue weighted by Gasteiger charge is 2.12. The van der Waals surface area contributed by atoms with Crippen molar-refractivity contribution in [1.82, 2.24) is 29.3 Å². The zero-order valence-electron chi connectivity index (χ0n) is 13.2. The summed E-state index contributed by atoms with van der Waals surface area (Å²) in [5.41, 5.74) is 2.48. The molecule has 0 aliphatic carbocycles. The predicted octanol–water partition coefficient (Wildman–Crippen LogP) is 1.42. The first-order valence-electron chi connectivity index (χ1n) is 7.17. The molecule has 0 atom stereocenters. The molecule has 0 saturated heterocycles. The molecular weight excluding hydrogens is 294 g/mol. The molecule has 23 heavy (non-hydrogen) atoms. The van der Waals surface area contributed by atoms with Gasteiger partial charge in [0.25, 0.3) is 0 Å². The van der Waals surface area contributed by atoms with Gasteiger partial charge in [-0.1, -0.05) is 0 Å². The molecule has 0 aromatic carbocycles. The Balaban J connectivity index is 1.73. The number of hydrogen-bond donors (Lipinski definition) is 1. The van der Waals surface area contributed by atoms with Crippen molar-refractivity contribution in [1.29, 1.82) is 0 Å². The van der Waals surface area contributed by atoms with Crippen LogP contribution >= 0.6 is 0 Å². The lowest BCUT2D eigenvalue weighted by Crippen LogP contribution is -2.19. The van der Waals surface area contributed by atoms with Gasteiger partial charge in [0, 0.05) is 18.1 Å². The van der Waals surface area contributed by atoms with E-state index >= 15 is 0 Å². The summed E-state index contributed by atoms with van der Waals surface area (Å²) in [7, 11) is 0. The maximum Gasteiger partial charge on any atom is 0.246 e. The third-order valence-electron chi connectivity index (χ3n) is 3.50. The first-order valence-corrected chi connectivity index (χ1v) is 7.17. The Hall–Kier alpha value is -3.03. The van der Waals surface area contributed by atoms with Crippen LogP contribution in [0.25, 0.3) is 5.95 Å². The summed E-state index contributed by atoms with van der Waals surface area (Å²) in [6, 6.07) is 1.77. The lowest BCUT2D eigenvalue weighted by atomic mass is 10.4. The van der Waals surface area contributed by atoms with E-state index in [0.717, 1.165) is 17.2 Å². The van der Waals surface area contributed by atoms with Crippen molar-refractivity contribution in [3.05, 3.63) is 48.1 Å². The minimum Gasteiger partial charge on any atom is -0.322 e. The normalized spacial score (nSPS) is 10.7. The van der Waals surface area contributed by atoms with Crippen molar-refractivity contribution in [3.8, 4) is 5.95 Å². The molecule has 0 unspecified atom stereocenters.